The molecule has 16 heavy (non-hydrogen) atoms. The zero-order chi connectivity index (χ0) is 11.4. The van der Waals surface area contributed by atoms with Gasteiger partial charge in [0.1, 0.15) is 5.01 Å². The van der Waals surface area contributed by atoms with Gasteiger partial charge in [-0.05, 0) is 31.6 Å². The predicted molar refractivity (Wildman–Crippen MR) is 66.4 cm³/mol. The summed E-state index contributed by atoms with van der Waals surface area (Å²) in [6.07, 6.45) is 5.97. The molecule has 0 aromatic carbocycles. The molecule has 90 valence electrons. The van der Waals surface area contributed by atoms with Crippen molar-refractivity contribution in [3.05, 3.63) is 16.6 Å². The number of nitrogens with zero attached hydrogens (tertiary/aromatic N) is 1. The molecule has 0 spiro atoms. The Hall–Kier alpha value is -0.450. The summed E-state index contributed by atoms with van der Waals surface area (Å²) in [5.74, 6) is 0.777. The Morgan fingerprint density at radius 3 is 2.94 bits per heavy atom. The van der Waals surface area contributed by atoms with Crippen LogP contribution in [0.25, 0.3) is 0 Å². The summed E-state index contributed by atoms with van der Waals surface area (Å²) in [7, 11) is 0. The second kappa shape index (κ2) is 5.25. The molecule has 0 radical (unpaired) electrons. The Labute approximate surface area is 101 Å². The van der Waals surface area contributed by atoms with Crippen LogP contribution >= 0.6 is 11.3 Å². The number of hydrogen-bond donors (Lipinski definition) is 2. The molecule has 1 heterocycles. The fourth-order valence-corrected chi connectivity index (χ4v) is 2.80. The molecule has 0 atom stereocenters. The van der Waals surface area contributed by atoms with E-state index in [-0.39, 0.29) is 0 Å². The minimum atomic E-state index is -0.482. The molecule has 2 rings (SSSR count). The lowest BCUT2D eigenvalue weighted by Crippen LogP contribution is -2.43. The maximum absolute atomic E-state index is 10.3. The van der Waals surface area contributed by atoms with Gasteiger partial charge in [-0.1, -0.05) is 6.92 Å². The van der Waals surface area contributed by atoms with Crippen molar-refractivity contribution >= 4 is 11.3 Å². The summed E-state index contributed by atoms with van der Waals surface area (Å²) in [5.41, 5.74) is -0.482. The van der Waals surface area contributed by atoms with Gasteiger partial charge < -0.3 is 10.4 Å². The van der Waals surface area contributed by atoms with E-state index in [9.17, 15) is 5.11 Å². The molecular weight excluding hydrogens is 220 g/mol. The molecular formula is C12H20N2OS. The maximum atomic E-state index is 10.3. The van der Waals surface area contributed by atoms with Gasteiger partial charge in [0.05, 0.1) is 5.60 Å². The smallest absolute Gasteiger partial charge is 0.106 e. The molecule has 0 unspecified atom stereocenters. The predicted octanol–water partition coefficient (Wildman–Crippen LogP) is 2.17. The van der Waals surface area contributed by atoms with Crippen LogP contribution in [0.3, 0.4) is 0 Å². The summed E-state index contributed by atoms with van der Waals surface area (Å²) in [6.45, 7) is 3.73. The molecule has 0 saturated heterocycles. The number of thiazole rings is 1. The lowest BCUT2D eigenvalue weighted by molar-refractivity contribution is -0.00630. The molecule has 4 heteroatoms. The molecule has 1 aliphatic rings. The van der Waals surface area contributed by atoms with Gasteiger partial charge in [-0.2, -0.15) is 0 Å². The molecule has 1 aromatic rings. The largest absolute Gasteiger partial charge is 0.389 e. The quantitative estimate of drug-likeness (QED) is 0.848. The van der Waals surface area contributed by atoms with Crippen LogP contribution in [0.2, 0.25) is 0 Å². The first-order valence-electron chi connectivity index (χ1n) is 5.99. The van der Waals surface area contributed by atoms with E-state index in [0.29, 0.717) is 6.54 Å². The van der Waals surface area contributed by atoms with Crippen LogP contribution < -0.4 is 5.32 Å². The Morgan fingerprint density at radius 1 is 1.56 bits per heavy atom. The summed E-state index contributed by atoms with van der Waals surface area (Å²) in [4.78, 5) is 4.21. The number of hydrogen-bond acceptors (Lipinski definition) is 4. The molecule has 0 aliphatic heterocycles. The van der Waals surface area contributed by atoms with Crippen LogP contribution in [0.15, 0.2) is 11.6 Å². The maximum Gasteiger partial charge on any atom is 0.106 e. The van der Waals surface area contributed by atoms with Crippen molar-refractivity contribution in [2.75, 3.05) is 6.54 Å². The van der Waals surface area contributed by atoms with E-state index < -0.39 is 5.60 Å². The second-order valence-corrected chi connectivity index (χ2v) is 5.92. The fraction of sp³-hybridized carbons (Fsp3) is 0.750. The Kier molecular flexibility index (Phi) is 3.95. The first kappa shape index (κ1) is 12.0. The third-order valence-corrected chi connectivity index (χ3v) is 4.20. The Balaban J connectivity index is 1.73. The highest BCUT2D eigenvalue weighted by molar-refractivity contribution is 7.09. The number of rotatable bonds is 4. The van der Waals surface area contributed by atoms with E-state index in [4.69, 9.17) is 0 Å². The minimum Gasteiger partial charge on any atom is -0.389 e. The minimum absolute atomic E-state index is 0.482. The van der Waals surface area contributed by atoms with Crippen molar-refractivity contribution in [1.29, 1.82) is 0 Å². The molecule has 0 amide bonds. The Morgan fingerprint density at radius 2 is 2.31 bits per heavy atom. The average Bonchev–Trinajstić information content (AvgIpc) is 2.76. The molecule has 0 bridgehead atoms. The summed E-state index contributed by atoms with van der Waals surface area (Å²) in [6, 6.07) is 0. The lowest BCUT2D eigenvalue weighted by Gasteiger charge is -2.35. The summed E-state index contributed by atoms with van der Waals surface area (Å²) >= 11 is 1.65. The van der Waals surface area contributed by atoms with Gasteiger partial charge in [-0.25, -0.2) is 4.98 Å². The zero-order valence-corrected chi connectivity index (χ0v) is 10.6. The third-order valence-electron chi connectivity index (χ3n) is 3.42. The highest BCUT2D eigenvalue weighted by atomic mass is 32.1. The van der Waals surface area contributed by atoms with Crippen LogP contribution in [0, 0.1) is 5.92 Å². The number of nitrogens with one attached hydrogen (secondary N) is 1. The standard InChI is InChI=1S/C12H20N2OS/c1-10-2-4-12(15,5-3-10)9-13-8-11-14-6-7-16-11/h6-7,10,13,15H,2-5,8-9H2,1H3. The first-order chi connectivity index (χ1) is 7.68. The van der Waals surface area contributed by atoms with E-state index in [2.05, 4.69) is 17.2 Å². The monoisotopic (exact) mass is 240 g/mol. The molecule has 3 nitrogen and oxygen atoms in total. The van der Waals surface area contributed by atoms with Crippen LogP contribution in [-0.4, -0.2) is 22.2 Å². The number of aliphatic hydroxyl groups is 1. The van der Waals surface area contributed by atoms with E-state index in [1.165, 1.54) is 0 Å². The van der Waals surface area contributed by atoms with Gasteiger partial charge in [0, 0.05) is 24.7 Å². The highest BCUT2D eigenvalue weighted by Crippen LogP contribution is 2.31. The zero-order valence-electron chi connectivity index (χ0n) is 9.78. The van der Waals surface area contributed by atoms with Gasteiger partial charge >= 0.3 is 0 Å². The van der Waals surface area contributed by atoms with Crippen molar-refractivity contribution in [2.45, 2.75) is 44.8 Å². The van der Waals surface area contributed by atoms with Gasteiger partial charge in [-0.3, -0.25) is 0 Å². The van der Waals surface area contributed by atoms with Gasteiger partial charge in [0.15, 0.2) is 0 Å². The van der Waals surface area contributed by atoms with Crippen molar-refractivity contribution in [1.82, 2.24) is 10.3 Å². The highest BCUT2D eigenvalue weighted by Gasteiger charge is 2.31. The second-order valence-electron chi connectivity index (χ2n) is 4.94. The van der Waals surface area contributed by atoms with Crippen molar-refractivity contribution in [3.8, 4) is 0 Å². The number of aromatic nitrogens is 1. The van der Waals surface area contributed by atoms with Crippen LogP contribution in [-0.2, 0) is 6.54 Å². The van der Waals surface area contributed by atoms with Gasteiger partial charge in [-0.15, -0.1) is 11.3 Å². The molecule has 1 saturated carbocycles. The summed E-state index contributed by atoms with van der Waals surface area (Å²) in [5, 5.41) is 16.7. The van der Waals surface area contributed by atoms with Gasteiger partial charge in [0.2, 0.25) is 0 Å². The molecule has 1 fully saturated rings. The van der Waals surface area contributed by atoms with E-state index in [1.807, 2.05) is 11.6 Å². The van der Waals surface area contributed by atoms with Crippen molar-refractivity contribution in [2.24, 2.45) is 5.92 Å². The van der Waals surface area contributed by atoms with Crippen molar-refractivity contribution in [3.63, 3.8) is 0 Å². The van der Waals surface area contributed by atoms with Crippen LogP contribution in [0.1, 0.15) is 37.6 Å². The normalized spacial score (nSPS) is 30.5. The van der Waals surface area contributed by atoms with E-state index in [1.54, 1.807) is 11.3 Å². The average molecular weight is 240 g/mol. The van der Waals surface area contributed by atoms with Crippen LogP contribution in [0.5, 0.6) is 0 Å². The topological polar surface area (TPSA) is 45.1 Å². The van der Waals surface area contributed by atoms with Crippen molar-refractivity contribution < 1.29 is 5.11 Å². The summed E-state index contributed by atoms with van der Waals surface area (Å²) < 4.78 is 0. The van der Waals surface area contributed by atoms with E-state index >= 15 is 0 Å². The third kappa shape index (κ3) is 3.27. The first-order valence-corrected chi connectivity index (χ1v) is 6.87. The molecule has 1 aromatic heterocycles. The van der Waals surface area contributed by atoms with Crippen LogP contribution in [0.4, 0.5) is 0 Å². The van der Waals surface area contributed by atoms with E-state index in [0.717, 1.165) is 43.2 Å². The molecule has 2 N–H and O–H groups in total. The molecule has 1 aliphatic carbocycles. The van der Waals surface area contributed by atoms with Gasteiger partial charge in [0.25, 0.3) is 0 Å². The fourth-order valence-electron chi connectivity index (χ4n) is 2.22. The Bertz CT molecular complexity index is 305. The lowest BCUT2D eigenvalue weighted by atomic mass is 9.79. The SMILES string of the molecule is CC1CCC(O)(CNCc2nccs2)CC1.